The summed E-state index contributed by atoms with van der Waals surface area (Å²) < 4.78 is 0. The third-order valence-electron chi connectivity index (χ3n) is 4.40. The highest BCUT2D eigenvalue weighted by molar-refractivity contribution is 6.32. The van der Waals surface area contributed by atoms with Gasteiger partial charge in [-0.2, -0.15) is 0 Å². The Bertz CT molecular complexity index is 851. The van der Waals surface area contributed by atoms with Gasteiger partial charge in [0, 0.05) is 34.4 Å². The molecule has 2 aromatic rings. The van der Waals surface area contributed by atoms with Crippen LogP contribution in [-0.4, -0.2) is 18.4 Å². The molecule has 0 radical (unpaired) electrons. The Hall–Kier alpha value is -2.04. The molecule has 1 aliphatic rings. The van der Waals surface area contributed by atoms with Crippen molar-refractivity contribution in [3.05, 3.63) is 57.6 Å². The minimum Gasteiger partial charge on any atom is -0.326 e. The lowest BCUT2D eigenvalue weighted by Crippen LogP contribution is -2.28. The molecule has 130 valence electrons. The molecule has 4 nitrogen and oxygen atoms in total. The molecule has 1 atom stereocenters. The lowest BCUT2D eigenvalue weighted by molar-refractivity contribution is -0.122. The van der Waals surface area contributed by atoms with Crippen LogP contribution in [0.25, 0.3) is 0 Å². The molecule has 3 rings (SSSR count). The molecule has 1 fully saturated rings. The molecular weight excluding hydrogens is 359 g/mol. The number of rotatable bonds is 3. The Morgan fingerprint density at radius 1 is 1.08 bits per heavy atom. The van der Waals surface area contributed by atoms with Gasteiger partial charge in [-0.25, -0.2) is 0 Å². The number of hydrogen-bond acceptors (Lipinski definition) is 2. The zero-order chi connectivity index (χ0) is 18.1. The summed E-state index contributed by atoms with van der Waals surface area (Å²) in [6.07, 6.45) is 0.178. The normalized spacial score (nSPS) is 17.0. The van der Waals surface area contributed by atoms with Crippen molar-refractivity contribution >= 4 is 46.4 Å². The number of nitrogens with one attached hydrogen (secondary N) is 1. The molecule has 6 heteroatoms. The Balaban J connectivity index is 1.71. The van der Waals surface area contributed by atoms with E-state index in [1.807, 2.05) is 32.0 Å². The zero-order valence-electron chi connectivity index (χ0n) is 14.0. The summed E-state index contributed by atoms with van der Waals surface area (Å²) in [6.45, 7) is 4.14. The van der Waals surface area contributed by atoms with E-state index in [9.17, 15) is 9.59 Å². The lowest BCUT2D eigenvalue weighted by Gasteiger charge is -2.17. The van der Waals surface area contributed by atoms with Crippen LogP contribution in [-0.2, 0) is 9.59 Å². The molecule has 0 aliphatic carbocycles. The van der Waals surface area contributed by atoms with E-state index in [1.165, 1.54) is 0 Å². The van der Waals surface area contributed by atoms with Crippen LogP contribution in [0, 0.1) is 19.8 Å². The molecule has 25 heavy (non-hydrogen) atoms. The maximum atomic E-state index is 12.5. The van der Waals surface area contributed by atoms with Crippen molar-refractivity contribution < 1.29 is 9.59 Å². The van der Waals surface area contributed by atoms with Crippen LogP contribution in [0.2, 0.25) is 10.0 Å². The number of anilines is 2. The van der Waals surface area contributed by atoms with Gasteiger partial charge in [0.15, 0.2) is 0 Å². The SMILES string of the molecule is Cc1ccc(NC(=O)C2CC(=O)N(c3ccc(C)c(Cl)c3)C2)cc1Cl. The first-order chi connectivity index (χ1) is 11.8. The highest BCUT2D eigenvalue weighted by Gasteiger charge is 2.35. The van der Waals surface area contributed by atoms with E-state index in [-0.39, 0.29) is 18.2 Å². The number of amides is 2. The predicted octanol–water partition coefficient (Wildman–Crippen LogP) is 4.60. The second-order valence-electron chi connectivity index (χ2n) is 6.29. The van der Waals surface area contributed by atoms with Gasteiger partial charge >= 0.3 is 0 Å². The Morgan fingerprint density at radius 2 is 1.72 bits per heavy atom. The number of benzene rings is 2. The van der Waals surface area contributed by atoms with Gasteiger partial charge in [-0.1, -0.05) is 35.3 Å². The number of aryl methyl sites for hydroxylation is 2. The number of carbonyl (C=O) groups is 2. The monoisotopic (exact) mass is 376 g/mol. The van der Waals surface area contributed by atoms with E-state index in [4.69, 9.17) is 23.2 Å². The Labute approximate surface area is 156 Å². The van der Waals surface area contributed by atoms with E-state index < -0.39 is 5.92 Å². The molecule has 1 N–H and O–H groups in total. The fourth-order valence-electron chi connectivity index (χ4n) is 2.80. The smallest absolute Gasteiger partial charge is 0.229 e. The maximum Gasteiger partial charge on any atom is 0.229 e. The highest BCUT2D eigenvalue weighted by Crippen LogP contribution is 2.29. The van der Waals surface area contributed by atoms with Crippen molar-refractivity contribution in [1.82, 2.24) is 0 Å². The number of hydrogen-bond donors (Lipinski definition) is 1. The topological polar surface area (TPSA) is 49.4 Å². The lowest BCUT2D eigenvalue weighted by atomic mass is 10.1. The number of halogens is 2. The van der Waals surface area contributed by atoms with Crippen molar-refractivity contribution in [2.45, 2.75) is 20.3 Å². The minimum atomic E-state index is -0.410. The van der Waals surface area contributed by atoms with Crippen molar-refractivity contribution in [2.24, 2.45) is 5.92 Å². The van der Waals surface area contributed by atoms with Gasteiger partial charge in [-0.3, -0.25) is 9.59 Å². The number of carbonyl (C=O) groups excluding carboxylic acids is 2. The summed E-state index contributed by atoms with van der Waals surface area (Å²) in [5.41, 5.74) is 3.24. The Morgan fingerprint density at radius 3 is 2.36 bits per heavy atom. The average Bonchev–Trinajstić information content (AvgIpc) is 2.95. The molecule has 2 aromatic carbocycles. The summed E-state index contributed by atoms with van der Waals surface area (Å²) in [5, 5.41) is 4.03. The van der Waals surface area contributed by atoms with E-state index in [0.717, 1.165) is 11.1 Å². The molecule has 1 unspecified atom stereocenters. The fourth-order valence-corrected chi connectivity index (χ4v) is 3.15. The average molecular weight is 377 g/mol. The summed E-state index contributed by atoms with van der Waals surface area (Å²) in [7, 11) is 0. The molecule has 0 bridgehead atoms. The minimum absolute atomic E-state index is 0.0815. The third kappa shape index (κ3) is 3.80. The van der Waals surface area contributed by atoms with Crippen LogP contribution >= 0.6 is 23.2 Å². The second kappa shape index (κ2) is 7.06. The van der Waals surface area contributed by atoms with Crippen molar-refractivity contribution in [3.8, 4) is 0 Å². The first-order valence-electron chi connectivity index (χ1n) is 7.98. The van der Waals surface area contributed by atoms with Gasteiger partial charge in [0.25, 0.3) is 0 Å². The van der Waals surface area contributed by atoms with Gasteiger partial charge < -0.3 is 10.2 Å². The molecule has 0 saturated carbocycles. The highest BCUT2D eigenvalue weighted by atomic mass is 35.5. The number of nitrogens with zero attached hydrogens (tertiary/aromatic N) is 1. The molecule has 1 heterocycles. The molecule has 1 aliphatic heterocycles. The third-order valence-corrected chi connectivity index (χ3v) is 5.22. The van der Waals surface area contributed by atoms with Gasteiger partial charge in [0.2, 0.25) is 11.8 Å². The van der Waals surface area contributed by atoms with E-state index >= 15 is 0 Å². The standard InChI is InChI=1S/C19H18Cl2N2O2/c1-11-3-5-14(8-16(11)20)22-19(25)13-7-18(24)23(10-13)15-6-4-12(2)17(21)9-15/h3-6,8-9,13H,7,10H2,1-2H3,(H,22,25). The summed E-state index contributed by atoms with van der Waals surface area (Å²) >= 11 is 12.2. The molecule has 0 spiro atoms. The van der Waals surface area contributed by atoms with Crippen LogP contribution in [0.4, 0.5) is 11.4 Å². The van der Waals surface area contributed by atoms with E-state index in [0.29, 0.717) is 28.0 Å². The molecule has 2 amide bonds. The van der Waals surface area contributed by atoms with Crippen molar-refractivity contribution in [1.29, 1.82) is 0 Å². The predicted molar refractivity (Wildman–Crippen MR) is 101 cm³/mol. The van der Waals surface area contributed by atoms with Crippen LogP contribution in [0.5, 0.6) is 0 Å². The van der Waals surface area contributed by atoms with Crippen LogP contribution in [0.15, 0.2) is 36.4 Å². The van der Waals surface area contributed by atoms with Gasteiger partial charge in [0.05, 0.1) is 5.92 Å². The van der Waals surface area contributed by atoms with Crippen molar-refractivity contribution in [2.75, 3.05) is 16.8 Å². The molecule has 0 aromatic heterocycles. The second-order valence-corrected chi connectivity index (χ2v) is 7.11. The van der Waals surface area contributed by atoms with Gasteiger partial charge in [-0.15, -0.1) is 0 Å². The summed E-state index contributed by atoms with van der Waals surface area (Å²) in [6, 6.07) is 10.8. The Kier molecular flexibility index (Phi) is 5.02. The van der Waals surface area contributed by atoms with E-state index in [1.54, 1.807) is 23.1 Å². The summed E-state index contributed by atoms with van der Waals surface area (Å²) in [5.74, 6) is -0.677. The first kappa shape index (κ1) is 17.8. The quantitative estimate of drug-likeness (QED) is 0.850. The summed E-state index contributed by atoms with van der Waals surface area (Å²) in [4.78, 5) is 26.4. The fraction of sp³-hybridized carbons (Fsp3) is 0.263. The zero-order valence-corrected chi connectivity index (χ0v) is 15.5. The largest absolute Gasteiger partial charge is 0.326 e. The van der Waals surface area contributed by atoms with Gasteiger partial charge in [0.1, 0.15) is 0 Å². The van der Waals surface area contributed by atoms with Crippen LogP contribution < -0.4 is 10.2 Å². The first-order valence-corrected chi connectivity index (χ1v) is 8.74. The van der Waals surface area contributed by atoms with Gasteiger partial charge in [-0.05, 0) is 49.2 Å². The van der Waals surface area contributed by atoms with Crippen LogP contribution in [0.1, 0.15) is 17.5 Å². The molecular formula is C19H18Cl2N2O2. The molecule has 1 saturated heterocycles. The van der Waals surface area contributed by atoms with Crippen LogP contribution in [0.3, 0.4) is 0 Å². The van der Waals surface area contributed by atoms with E-state index in [2.05, 4.69) is 5.32 Å². The van der Waals surface area contributed by atoms with Crippen molar-refractivity contribution in [3.63, 3.8) is 0 Å². The maximum absolute atomic E-state index is 12.5.